The number of amides is 5. The van der Waals surface area contributed by atoms with Crippen LogP contribution in [0.5, 0.6) is 0 Å². The molecule has 0 spiro atoms. The molecule has 0 fully saturated rings. The van der Waals surface area contributed by atoms with E-state index in [0.717, 1.165) is 57.8 Å². The lowest BCUT2D eigenvalue weighted by Gasteiger charge is -2.19. The minimum atomic E-state index is -1.43. The summed E-state index contributed by atoms with van der Waals surface area (Å²) in [6, 6.07) is -4.07. The van der Waals surface area contributed by atoms with Crippen LogP contribution in [0.4, 0.5) is 0 Å². The first-order valence-electron chi connectivity index (χ1n) is 30.1. The molecule has 0 aliphatic rings. The molecule has 0 rings (SSSR count). The van der Waals surface area contributed by atoms with Gasteiger partial charge in [0.15, 0.2) is 11.8 Å². The third-order valence-corrected chi connectivity index (χ3v) is 13.7. The lowest BCUT2D eigenvalue weighted by atomic mass is 9.94. The van der Waals surface area contributed by atoms with E-state index in [-0.39, 0.29) is 123 Å². The monoisotopic (exact) mass is 1220 g/mol. The second kappa shape index (κ2) is 51.1. The normalized spacial score (nSPS) is 13.3. The summed E-state index contributed by atoms with van der Waals surface area (Å²) >= 11 is 0. The zero-order chi connectivity index (χ0) is 63.6. The standard InChI is InChI=1S/C58H99N5O22/c1-41(54(73)63-53(42(2)64)58(80)81)20-17-18-30-59-49(68)29-27-47(57(78)79)62-51(70)40-85-37-34-82-32-19-21-45(66)39-84-36-35-83-33-31-60-48(67)28-24-43(55(74)75)38-44(65)25-26-46(56(76)77)61-50(69)22-15-13-11-9-7-5-3-4-6-8-10-12-14-16-23-52(71)72/h41-43,46-47,53,64H,3-40H2,1-2H3,(H,59,68)(H,60,67)(H,61,69)(H,62,70)(H,63,73)(H,71,72)(H,74,75)(H,76,77)(H,78,79)(H,80,81)/t41-,42+,43+,46-,47-,53-/m0/s1. The maximum Gasteiger partial charge on any atom is 0.328 e. The number of rotatable bonds is 59. The molecule has 0 aromatic rings. The maximum atomic E-state index is 12.7. The smallest absolute Gasteiger partial charge is 0.328 e. The fourth-order valence-corrected chi connectivity index (χ4v) is 8.57. The molecule has 0 unspecified atom stereocenters. The van der Waals surface area contributed by atoms with Crippen molar-refractivity contribution in [2.45, 2.75) is 218 Å². The first-order valence-corrected chi connectivity index (χ1v) is 30.1. The Morgan fingerprint density at radius 3 is 1.39 bits per heavy atom. The molecule has 0 heterocycles. The van der Waals surface area contributed by atoms with Crippen LogP contribution in [-0.4, -0.2) is 192 Å². The molecule has 11 N–H and O–H groups in total. The van der Waals surface area contributed by atoms with Gasteiger partial charge in [0.05, 0.1) is 45.1 Å². The van der Waals surface area contributed by atoms with E-state index in [0.29, 0.717) is 32.1 Å². The van der Waals surface area contributed by atoms with Crippen LogP contribution in [0.1, 0.15) is 194 Å². The topological polar surface area (TPSA) is 423 Å². The molecule has 0 aromatic heterocycles. The Balaban J connectivity index is 4.04. The van der Waals surface area contributed by atoms with Crippen molar-refractivity contribution >= 4 is 70.9 Å². The van der Waals surface area contributed by atoms with Crippen LogP contribution in [0.25, 0.3) is 0 Å². The van der Waals surface area contributed by atoms with Gasteiger partial charge in [-0.25, -0.2) is 14.4 Å². The van der Waals surface area contributed by atoms with Crippen molar-refractivity contribution in [2.24, 2.45) is 11.8 Å². The minimum Gasteiger partial charge on any atom is -0.481 e. The zero-order valence-corrected chi connectivity index (χ0v) is 50.0. The van der Waals surface area contributed by atoms with E-state index in [1.54, 1.807) is 6.92 Å². The predicted molar refractivity (Wildman–Crippen MR) is 307 cm³/mol. The molecule has 0 saturated carbocycles. The lowest BCUT2D eigenvalue weighted by Crippen LogP contribution is -2.49. The number of carboxylic acids is 5. The molecule has 5 amide bonds. The van der Waals surface area contributed by atoms with E-state index in [1.807, 2.05) is 0 Å². The van der Waals surface area contributed by atoms with Gasteiger partial charge in [-0.05, 0) is 58.3 Å². The van der Waals surface area contributed by atoms with E-state index < -0.39 is 114 Å². The third-order valence-electron chi connectivity index (χ3n) is 13.7. The van der Waals surface area contributed by atoms with Crippen LogP contribution >= 0.6 is 0 Å². The van der Waals surface area contributed by atoms with Crippen molar-refractivity contribution in [1.82, 2.24) is 26.6 Å². The van der Waals surface area contributed by atoms with E-state index in [1.165, 1.54) is 32.6 Å². The quantitative estimate of drug-likeness (QED) is 0.0385. The van der Waals surface area contributed by atoms with E-state index in [9.17, 15) is 78.0 Å². The van der Waals surface area contributed by atoms with Crippen molar-refractivity contribution in [2.75, 3.05) is 65.9 Å². The van der Waals surface area contributed by atoms with E-state index in [2.05, 4.69) is 26.6 Å². The highest BCUT2D eigenvalue weighted by Crippen LogP contribution is 2.17. The molecule has 0 bridgehead atoms. The number of hydrogen-bond donors (Lipinski definition) is 11. The highest BCUT2D eigenvalue weighted by atomic mass is 16.5. The molecule has 0 saturated heterocycles. The number of aliphatic carboxylic acids is 5. The molecule has 488 valence electrons. The van der Waals surface area contributed by atoms with E-state index >= 15 is 0 Å². The number of unbranched alkanes of at least 4 members (excludes halogenated alkanes) is 14. The number of nitrogens with one attached hydrogen (secondary N) is 5. The van der Waals surface area contributed by atoms with Crippen molar-refractivity contribution < 1.29 is 107 Å². The number of ether oxygens (including phenoxy) is 4. The third kappa shape index (κ3) is 46.8. The van der Waals surface area contributed by atoms with Gasteiger partial charge in [-0.15, -0.1) is 0 Å². The maximum absolute atomic E-state index is 12.7. The highest BCUT2D eigenvalue weighted by molar-refractivity contribution is 5.88. The number of hydrogen-bond acceptors (Lipinski definition) is 17. The number of carbonyl (C=O) groups is 12. The molecule has 27 nitrogen and oxygen atoms in total. The summed E-state index contributed by atoms with van der Waals surface area (Å²) in [5.41, 5.74) is 0. The molecule has 0 radical (unpaired) electrons. The average Bonchev–Trinajstić information content (AvgIpc) is 3.49. The van der Waals surface area contributed by atoms with Gasteiger partial charge in [0.1, 0.15) is 31.1 Å². The molecule has 6 atom stereocenters. The predicted octanol–water partition coefficient (Wildman–Crippen LogP) is 3.86. The summed E-state index contributed by atoms with van der Waals surface area (Å²) in [6.45, 7) is 3.26. The van der Waals surface area contributed by atoms with Crippen LogP contribution in [0.3, 0.4) is 0 Å². The van der Waals surface area contributed by atoms with E-state index in [4.69, 9.17) is 29.2 Å². The van der Waals surface area contributed by atoms with Gasteiger partial charge in [0.2, 0.25) is 29.5 Å². The molecular weight excluding hydrogens is 1120 g/mol. The van der Waals surface area contributed by atoms with Crippen molar-refractivity contribution in [3.63, 3.8) is 0 Å². The van der Waals surface area contributed by atoms with Crippen molar-refractivity contribution in [3.8, 4) is 0 Å². The van der Waals surface area contributed by atoms with Crippen LogP contribution in [0, 0.1) is 11.8 Å². The van der Waals surface area contributed by atoms with Crippen molar-refractivity contribution in [1.29, 1.82) is 0 Å². The van der Waals surface area contributed by atoms with Gasteiger partial charge in [-0.1, -0.05) is 90.4 Å². The summed E-state index contributed by atoms with van der Waals surface area (Å²) < 4.78 is 21.4. The van der Waals surface area contributed by atoms with Gasteiger partial charge in [0.25, 0.3) is 0 Å². The molecule has 0 aromatic carbocycles. The number of carboxylic acid groups (broad SMARTS) is 5. The Hall–Kier alpha value is -6.16. The Morgan fingerprint density at radius 2 is 0.859 bits per heavy atom. The Morgan fingerprint density at radius 1 is 0.376 bits per heavy atom. The van der Waals surface area contributed by atoms with Crippen LogP contribution in [0.2, 0.25) is 0 Å². The van der Waals surface area contributed by atoms with Gasteiger partial charge in [-0.2, -0.15) is 0 Å². The SMILES string of the molecule is C[C@@H](CCCCNC(=O)CC[C@H](NC(=O)COCCOCCCC(=O)COCCOCCNC(=O)CC[C@H](CC(=O)CC[C@H](NC(=O)CCCCCCCCCCCCCCCCC(=O)O)C(=O)O)C(=O)O)C(=O)O)C(=O)N[C@H](C(=O)O)[C@@H](C)O. The summed E-state index contributed by atoms with van der Waals surface area (Å²) in [4.78, 5) is 143. The molecule has 27 heteroatoms. The van der Waals surface area contributed by atoms with Crippen LogP contribution < -0.4 is 26.6 Å². The first kappa shape index (κ1) is 78.8. The van der Waals surface area contributed by atoms with Gasteiger partial charge in [-0.3, -0.25) is 43.2 Å². The fourth-order valence-electron chi connectivity index (χ4n) is 8.57. The number of ketones is 2. The zero-order valence-electron chi connectivity index (χ0n) is 50.0. The minimum absolute atomic E-state index is 0.00811. The van der Waals surface area contributed by atoms with Gasteiger partial charge >= 0.3 is 29.8 Å². The second-order valence-electron chi connectivity index (χ2n) is 21.3. The highest BCUT2D eigenvalue weighted by Gasteiger charge is 2.28. The number of carbonyl (C=O) groups excluding carboxylic acids is 7. The largest absolute Gasteiger partial charge is 0.481 e. The fraction of sp³-hybridized carbons (Fsp3) is 0.793. The summed E-state index contributed by atoms with van der Waals surface area (Å²) in [5.74, 6) is -10.9. The molecule has 85 heavy (non-hydrogen) atoms. The lowest BCUT2D eigenvalue weighted by molar-refractivity contribution is -0.145. The number of aliphatic hydroxyl groups is 1. The van der Waals surface area contributed by atoms with Gasteiger partial charge in [0, 0.05) is 70.6 Å². The molecular formula is C58H99N5O22. The van der Waals surface area contributed by atoms with Crippen molar-refractivity contribution in [3.05, 3.63) is 0 Å². The second-order valence-corrected chi connectivity index (χ2v) is 21.3. The summed E-state index contributed by atoms with van der Waals surface area (Å²) in [5, 5.41) is 68.4. The summed E-state index contributed by atoms with van der Waals surface area (Å²) in [6.07, 6.45) is 14.0. The molecule has 0 aliphatic carbocycles. The first-order chi connectivity index (χ1) is 40.5. The average molecular weight is 1220 g/mol. The Kier molecular flexibility index (Phi) is 47.4. The van der Waals surface area contributed by atoms with Crippen LogP contribution in [-0.2, 0) is 76.5 Å². The van der Waals surface area contributed by atoms with Crippen LogP contribution in [0.15, 0.2) is 0 Å². The molecule has 0 aliphatic heterocycles. The van der Waals surface area contributed by atoms with Gasteiger partial charge < -0.3 is 76.2 Å². The Bertz CT molecular complexity index is 1990. The summed E-state index contributed by atoms with van der Waals surface area (Å²) in [7, 11) is 0. The Labute approximate surface area is 498 Å². The number of aliphatic hydroxyl groups excluding tert-OH is 1. The number of Topliss-reactive ketones (excluding diaryl/α,β-unsaturated/α-hetero) is 2.